The van der Waals surface area contributed by atoms with Crippen molar-refractivity contribution in [1.29, 1.82) is 0 Å². The SMILES string of the molecule is O=C(O)C(O)C(O)C(=O)O.O=C(O)C(O)C(O)C(=O)O.[Fe].[Ni]. The summed E-state index contributed by atoms with van der Waals surface area (Å²) in [5, 5.41) is 65.1. The van der Waals surface area contributed by atoms with Crippen molar-refractivity contribution in [2.24, 2.45) is 0 Å². The summed E-state index contributed by atoms with van der Waals surface area (Å²) in [4.78, 5) is 39.1. The van der Waals surface area contributed by atoms with Crippen LogP contribution >= 0.6 is 0 Å². The summed E-state index contributed by atoms with van der Waals surface area (Å²) in [5.41, 5.74) is 0. The van der Waals surface area contributed by atoms with Crippen LogP contribution in [0.2, 0.25) is 0 Å². The van der Waals surface area contributed by atoms with Crippen molar-refractivity contribution in [1.82, 2.24) is 0 Å². The molecule has 12 nitrogen and oxygen atoms in total. The van der Waals surface area contributed by atoms with Crippen LogP contribution in [0.25, 0.3) is 0 Å². The van der Waals surface area contributed by atoms with E-state index in [2.05, 4.69) is 0 Å². The molecule has 4 unspecified atom stereocenters. The summed E-state index contributed by atoms with van der Waals surface area (Å²) in [6.45, 7) is 0. The van der Waals surface area contributed by atoms with E-state index in [-0.39, 0.29) is 33.6 Å². The van der Waals surface area contributed by atoms with E-state index in [4.69, 9.17) is 40.9 Å². The van der Waals surface area contributed by atoms with E-state index in [0.717, 1.165) is 0 Å². The fourth-order valence-corrected chi connectivity index (χ4v) is 0.540. The molecule has 0 bridgehead atoms. The van der Waals surface area contributed by atoms with Gasteiger partial charge < -0.3 is 40.9 Å². The second-order valence-corrected chi connectivity index (χ2v) is 3.13. The largest absolute Gasteiger partial charge is 0.479 e. The first-order chi connectivity index (χ1) is 8.93. The van der Waals surface area contributed by atoms with Crippen LogP contribution in [0.4, 0.5) is 0 Å². The zero-order chi connectivity index (χ0) is 16.6. The van der Waals surface area contributed by atoms with Crippen LogP contribution < -0.4 is 0 Å². The van der Waals surface area contributed by atoms with Gasteiger partial charge in [-0.2, -0.15) is 0 Å². The van der Waals surface area contributed by atoms with Crippen LogP contribution in [0.1, 0.15) is 0 Å². The molecule has 0 aromatic heterocycles. The monoisotopic (exact) mass is 414 g/mol. The Bertz CT molecular complexity index is 315. The van der Waals surface area contributed by atoms with Gasteiger partial charge in [-0.05, 0) is 0 Å². The average Bonchev–Trinajstić information content (AvgIpc) is 2.35. The van der Waals surface area contributed by atoms with Gasteiger partial charge in [-0.3, -0.25) is 0 Å². The smallest absolute Gasteiger partial charge is 0.335 e. The number of hydrogen-bond acceptors (Lipinski definition) is 8. The molecule has 0 aromatic rings. The fraction of sp³-hybridized carbons (Fsp3) is 0.500. The predicted molar refractivity (Wildman–Crippen MR) is 54.6 cm³/mol. The zero-order valence-electron chi connectivity index (χ0n) is 10.2. The van der Waals surface area contributed by atoms with Crippen LogP contribution in [0.5, 0.6) is 0 Å². The van der Waals surface area contributed by atoms with Crippen LogP contribution in [0.15, 0.2) is 0 Å². The van der Waals surface area contributed by atoms with Gasteiger partial charge in [0.15, 0.2) is 24.4 Å². The summed E-state index contributed by atoms with van der Waals surface area (Å²) in [5.74, 6) is -7.07. The molecule has 0 aliphatic rings. The summed E-state index contributed by atoms with van der Waals surface area (Å²) >= 11 is 0. The topological polar surface area (TPSA) is 230 Å². The van der Waals surface area contributed by atoms with Gasteiger partial charge in [0.2, 0.25) is 0 Å². The molecule has 4 atom stereocenters. The molecule has 0 heterocycles. The molecule has 0 rings (SSSR count). The maximum absolute atomic E-state index is 9.77. The molecule has 22 heavy (non-hydrogen) atoms. The molecule has 0 aliphatic heterocycles. The van der Waals surface area contributed by atoms with Gasteiger partial charge in [0.25, 0.3) is 0 Å². The Morgan fingerprint density at radius 1 is 0.500 bits per heavy atom. The second kappa shape index (κ2) is 13.4. The minimum atomic E-state index is -2.27. The van der Waals surface area contributed by atoms with Gasteiger partial charge in [-0.15, -0.1) is 0 Å². The van der Waals surface area contributed by atoms with E-state index in [1.54, 1.807) is 0 Å². The maximum atomic E-state index is 9.77. The van der Waals surface area contributed by atoms with Crippen LogP contribution in [0, 0.1) is 0 Å². The Balaban J connectivity index is -0.000000135. The van der Waals surface area contributed by atoms with Crippen molar-refractivity contribution in [3.8, 4) is 0 Å². The summed E-state index contributed by atoms with van der Waals surface area (Å²) in [6, 6.07) is 0. The van der Waals surface area contributed by atoms with E-state index < -0.39 is 48.3 Å². The minimum absolute atomic E-state index is 0. The third-order valence-electron chi connectivity index (χ3n) is 1.61. The van der Waals surface area contributed by atoms with Gasteiger partial charge in [-0.1, -0.05) is 0 Å². The molecular formula is C8H12FeNiO12. The first kappa shape index (κ1) is 28.8. The first-order valence-corrected chi connectivity index (χ1v) is 4.57. The number of carboxylic acid groups (broad SMARTS) is 4. The van der Waals surface area contributed by atoms with Crippen molar-refractivity contribution in [3.05, 3.63) is 0 Å². The quantitative estimate of drug-likeness (QED) is 0.193. The number of aliphatic carboxylic acids is 4. The minimum Gasteiger partial charge on any atom is -0.479 e. The first-order valence-electron chi connectivity index (χ1n) is 4.57. The molecule has 0 saturated heterocycles. The number of rotatable bonds is 6. The molecule has 0 amide bonds. The van der Waals surface area contributed by atoms with Crippen molar-refractivity contribution >= 4 is 23.9 Å². The zero-order valence-corrected chi connectivity index (χ0v) is 12.3. The fourth-order valence-electron chi connectivity index (χ4n) is 0.540. The van der Waals surface area contributed by atoms with E-state index in [1.165, 1.54) is 0 Å². The number of aliphatic hydroxyl groups is 4. The number of carbonyl (C=O) groups is 4. The van der Waals surface area contributed by atoms with E-state index >= 15 is 0 Å². The van der Waals surface area contributed by atoms with Gasteiger partial charge in [0.05, 0.1) is 0 Å². The Kier molecular flexibility index (Phi) is 17.6. The molecule has 0 fully saturated rings. The summed E-state index contributed by atoms with van der Waals surface area (Å²) in [7, 11) is 0. The average molecular weight is 415 g/mol. The number of hydrogen-bond donors (Lipinski definition) is 8. The molecule has 14 heteroatoms. The van der Waals surface area contributed by atoms with E-state index in [9.17, 15) is 19.2 Å². The Labute approximate surface area is 142 Å². The van der Waals surface area contributed by atoms with Crippen molar-refractivity contribution in [2.45, 2.75) is 24.4 Å². The third-order valence-corrected chi connectivity index (χ3v) is 1.61. The van der Waals surface area contributed by atoms with Crippen LogP contribution in [-0.4, -0.2) is 89.1 Å². The van der Waals surface area contributed by atoms with Crippen molar-refractivity contribution in [3.63, 3.8) is 0 Å². The van der Waals surface area contributed by atoms with Gasteiger partial charge >= 0.3 is 23.9 Å². The molecule has 134 valence electrons. The summed E-state index contributed by atoms with van der Waals surface area (Å²) < 4.78 is 0. The molecule has 0 spiro atoms. The maximum Gasteiger partial charge on any atom is 0.335 e. The Morgan fingerprint density at radius 2 is 0.591 bits per heavy atom. The normalized spacial score (nSPS) is 14.4. The number of carboxylic acids is 4. The summed E-state index contributed by atoms with van der Waals surface area (Å²) in [6.07, 6.45) is -9.06. The molecule has 0 aromatic carbocycles. The number of aliphatic hydroxyl groups excluding tert-OH is 4. The van der Waals surface area contributed by atoms with Gasteiger partial charge in [-0.25, -0.2) is 19.2 Å². The van der Waals surface area contributed by atoms with Gasteiger partial charge in [0.1, 0.15) is 0 Å². The van der Waals surface area contributed by atoms with E-state index in [0.29, 0.717) is 0 Å². The molecule has 8 N–H and O–H groups in total. The Hall–Kier alpha value is -1.27. The van der Waals surface area contributed by atoms with Gasteiger partial charge in [0, 0.05) is 33.6 Å². The standard InChI is InChI=1S/2C4H6O6.Fe.Ni/c2*5-1(3(7)8)2(6)4(9)10;;/h2*1-2,5-6H,(H,7,8)(H,9,10);;. The Morgan fingerprint density at radius 3 is 0.636 bits per heavy atom. The molecule has 0 radical (unpaired) electrons. The van der Waals surface area contributed by atoms with Crippen LogP contribution in [0.3, 0.4) is 0 Å². The van der Waals surface area contributed by atoms with Crippen LogP contribution in [-0.2, 0) is 52.7 Å². The predicted octanol–water partition coefficient (Wildman–Crippen LogP) is -4.25. The third kappa shape index (κ3) is 11.4. The van der Waals surface area contributed by atoms with E-state index in [1.807, 2.05) is 0 Å². The molecular weight excluding hydrogens is 403 g/mol. The van der Waals surface area contributed by atoms with Crippen molar-refractivity contribution < 1.29 is 93.6 Å². The molecule has 0 aliphatic carbocycles. The van der Waals surface area contributed by atoms with Crippen molar-refractivity contribution in [2.75, 3.05) is 0 Å². The molecule has 0 saturated carbocycles. The second-order valence-electron chi connectivity index (χ2n) is 3.13.